The van der Waals surface area contributed by atoms with E-state index in [1.54, 1.807) is 6.20 Å². The summed E-state index contributed by atoms with van der Waals surface area (Å²) in [4.78, 5) is 16.6. The van der Waals surface area contributed by atoms with Crippen LogP contribution >= 0.6 is 0 Å². The first kappa shape index (κ1) is 16.5. The summed E-state index contributed by atoms with van der Waals surface area (Å²) in [5.41, 5.74) is 2.84. The predicted octanol–water partition coefficient (Wildman–Crippen LogP) is 2.88. The number of anilines is 1. The third kappa shape index (κ3) is 3.94. The number of carbonyl (C=O) groups is 1. The molecule has 6 nitrogen and oxygen atoms in total. The summed E-state index contributed by atoms with van der Waals surface area (Å²) in [5.74, 6) is 0.573. The molecule has 2 aromatic rings. The van der Waals surface area contributed by atoms with Gasteiger partial charge < -0.3 is 15.1 Å². The molecular weight excluding hydrogens is 302 g/mol. The molecule has 128 valence electrons. The number of nitrogens with zero attached hydrogens (tertiary/aromatic N) is 3. The zero-order chi connectivity index (χ0) is 16.9. The van der Waals surface area contributed by atoms with E-state index in [-0.39, 0.29) is 6.03 Å². The third-order valence-corrected chi connectivity index (χ3v) is 4.63. The Bertz CT molecular complexity index is 653. The number of rotatable bonds is 5. The number of aromatic amines is 1. The highest BCUT2D eigenvalue weighted by Gasteiger charge is 2.26. The smallest absolute Gasteiger partial charge is 0.321 e. The van der Waals surface area contributed by atoms with Gasteiger partial charge in [-0.1, -0.05) is 19.1 Å². The van der Waals surface area contributed by atoms with Crippen LogP contribution in [-0.2, 0) is 0 Å². The molecule has 24 heavy (non-hydrogen) atoms. The largest absolute Gasteiger partial charge is 0.324 e. The molecule has 2 N–H and O–H groups in total. The highest BCUT2D eigenvalue weighted by atomic mass is 16.2. The molecule has 2 heterocycles. The number of urea groups is 1. The Labute approximate surface area is 142 Å². The Morgan fingerprint density at radius 1 is 1.38 bits per heavy atom. The van der Waals surface area contributed by atoms with Crippen molar-refractivity contribution < 1.29 is 4.79 Å². The van der Waals surface area contributed by atoms with Crippen LogP contribution in [0, 0.1) is 5.92 Å². The molecule has 3 rings (SSSR count). The Morgan fingerprint density at radius 2 is 2.17 bits per heavy atom. The van der Waals surface area contributed by atoms with E-state index in [4.69, 9.17) is 0 Å². The van der Waals surface area contributed by atoms with Gasteiger partial charge in [0.2, 0.25) is 0 Å². The number of amides is 2. The van der Waals surface area contributed by atoms with Gasteiger partial charge in [0.05, 0.1) is 5.69 Å². The van der Waals surface area contributed by atoms with Crippen LogP contribution in [0.3, 0.4) is 0 Å². The summed E-state index contributed by atoms with van der Waals surface area (Å²) in [7, 11) is 2.13. The van der Waals surface area contributed by atoms with E-state index >= 15 is 0 Å². The monoisotopic (exact) mass is 327 g/mol. The Kier molecular flexibility index (Phi) is 5.15. The van der Waals surface area contributed by atoms with Crippen LogP contribution in [0.15, 0.2) is 36.5 Å². The van der Waals surface area contributed by atoms with Gasteiger partial charge in [-0.3, -0.25) is 5.10 Å². The summed E-state index contributed by atoms with van der Waals surface area (Å²) in [6.45, 7) is 5.93. The summed E-state index contributed by atoms with van der Waals surface area (Å²) < 4.78 is 0. The molecule has 1 aromatic carbocycles. The van der Waals surface area contributed by atoms with E-state index in [9.17, 15) is 4.79 Å². The normalized spacial score (nSPS) is 17.5. The molecule has 0 unspecified atom stereocenters. The van der Waals surface area contributed by atoms with E-state index in [0.29, 0.717) is 5.92 Å². The van der Waals surface area contributed by atoms with Gasteiger partial charge in [-0.05, 0) is 49.7 Å². The molecule has 0 aliphatic carbocycles. The topological polar surface area (TPSA) is 64.3 Å². The number of H-pyrrole nitrogens is 1. The van der Waals surface area contributed by atoms with Crippen molar-refractivity contribution in [1.82, 2.24) is 20.0 Å². The molecule has 1 aliphatic heterocycles. The van der Waals surface area contributed by atoms with E-state index in [2.05, 4.69) is 34.4 Å². The number of hydrogen-bond donors (Lipinski definition) is 2. The van der Waals surface area contributed by atoms with Crippen molar-refractivity contribution in [1.29, 1.82) is 0 Å². The van der Waals surface area contributed by atoms with E-state index in [0.717, 1.165) is 49.5 Å². The molecule has 1 atom stereocenters. The Morgan fingerprint density at radius 3 is 2.83 bits per heavy atom. The van der Waals surface area contributed by atoms with Crippen LogP contribution in [-0.4, -0.2) is 59.3 Å². The highest BCUT2D eigenvalue weighted by molar-refractivity contribution is 5.89. The minimum atomic E-state index is -0.00839. The molecule has 0 radical (unpaired) electrons. The van der Waals surface area contributed by atoms with Crippen LogP contribution in [0.5, 0.6) is 0 Å². The summed E-state index contributed by atoms with van der Waals surface area (Å²) in [5, 5.41) is 9.88. The fourth-order valence-corrected chi connectivity index (χ4v) is 3.09. The number of benzene rings is 1. The average molecular weight is 327 g/mol. The lowest BCUT2D eigenvalue weighted by Crippen LogP contribution is -2.34. The Hall–Kier alpha value is -2.34. The molecule has 1 aromatic heterocycles. The molecular formula is C18H25N5O. The van der Waals surface area contributed by atoms with Crippen LogP contribution in [0.2, 0.25) is 0 Å². The molecule has 0 spiro atoms. The summed E-state index contributed by atoms with van der Waals surface area (Å²) in [6, 6.07) is 9.72. The van der Waals surface area contributed by atoms with Crippen molar-refractivity contribution in [3.8, 4) is 11.3 Å². The minimum Gasteiger partial charge on any atom is -0.324 e. The second-order valence-corrected chi connectivity index (χ2v) is 6.43. The second kappa shape index (κ2) is 7.49. The van der Waals surface area contributed by atoms with Crippen molar-refractivity contribution in [2.75, 3.05) is 38.5 Å². The van der Waals surface area contributed by atoms with Crippen molar-refractivity contribution in [3.63, 3.8) is 0 Å². The van der Waals surface area contributed by atoms with E-state index in [1.165, 1.54) is 0 Å². The predicted molar refractivity (Wildman–Crippen MR) is 95.9 cm³/mol. The maximum Gasteiger partial charge on any atom is 0.321 e. The maximum atomic E-state index is 12.4. The second-order valence-electron chi connectivity index (χ2n) is 6.43. The van der Waals surface area contributed by atoms with Crippen molar-refractivity contribution in [2.45, 2.75) is 13.3 Å². The van der Waals surface area contributed by atoms with Gasteiger partial charge in [0.15, 0.2) is 0 Å². The van der Waals surface area contributed by atoms with Gasteiger partial charge >= 0.3 is 6.03 Å². The lowest BCUT2D eigenvalue weighted by atomic mass is 10.1. The van der Waals surface area contributed by atoms with Gasteiger partial charge in [0.1, 0.15) is 0 Å². The SMILES string of the molecule is CCN(C)C[C@H]1CCN(C(=O)Nc2ccc(-c3ccn[nH]3)cc2)C1. The lowest BCUT2D eigenvalue weighted by Gasteiger charge is -2.20. The van der Waals surface area contributed by atoms with E-state index in [1.807, 2.05) is 35.2 Å². The molecule has 2 amide bonds. The van der Waals surface area contributed by atoms with Crippen LogP contribution in [0.25, 0.3) is 11.3 Å². The van der Waals surface area contributed by atoms with Gasteiger partial charge in [-0.2, -0.15) is 5.10 Å². The van der Waals surface area contributed by atoms with Crippen LogP contribution in [0.1, 0.15) is 13.3 Å². The van der Waals surface area contributed by atoms with Crippen molar-refractivity contribution >= 4 is 11.7 Å². The molecule has 6 heteroatoms. The quantitative estimate of drug-likeness (QED) is 0.887. The lowest BCUT2D eigenvalue weighted by molar-refractivity contribution is 0.218. The fraction of sp³-hybridized carbons (Fsp3) is 0.444. The average Bonchev–Trinajstić information content (AvgIpc) is 3.27. The number of likely N-dealkylation sites (tertiary alicyclic amines) is 1. The number of aromatic nitrogens is 2. The van der Waals surface area contributed by atoms with Gasteiger partial charge in [-0.25, -0.2) is 4.79 Å². The Balaban J connectivity index is 1.54. The molecule has 1 saturated heterocycles. The van der Waals surface area contributed by atoms with Gasteiger partial charge in [0.25, 0.3) is 0 Å². The first-order valence-corrected chi connectivity index (χ1v) is 8.50. The molecule has 1 fully saturated rings. The van der Waals surface area contributed by atoms with Gasteiger partial charge in [-0.15, -0.1) is 0 Å². The third-order valence-electron chi connectivity index (χ3n) is 4.63. The maximum absolute atomic E-state index is 12.4. The molecule has 0 saturated carbocycles. The highest BCUT2D eigenvalue weighted by Crippen LogP contribution is 2.21. The zero-order valence-electron chi connectivity index (χ0n) is 14.3. The standard InChI is InChI=1S/C18H25N5O/c1-3-22(2)12-14-9-11-23(13-14)18(24)20-16-6-4-15(5-7-16)17-8-10-19-21-17/h4-8,10,14H,3,9,11-13H2,1-2H3,(H,19,21)(H,20,24)/t14-/m1/s1. The number of nitrogens with one attached hydrogen (secondary N) is 2. The van der Waals surface area contributed by atoms with E-state index < -0.39 is 0 Å². The van der Waals surface area contributed by atoms with Crippen molar-refractivity contribution in [3.05, 3.63) is 36.5 Å². The number of hydrogen-bond acceptors (Lipinski definition) is 3. The number of carbonyl (C=O) groups excluding carboxylic acids is 1. The van der Waals surface area contributed by atoms with Crippen LogP contribution in [0.4, 0.5) is 10.5 Å². The fourth-order valence-electron chi connectivity index (χ4n) is 3.09. The van der Waals surface area contributed by atoms with Crippen LogP contribution < -0.4 is 5.32 Å². The van der Waals surface area contributed by atoms with Crippen molar-refractivity contribution in [2.24, 2.45) is 5.92 Å². The molecule has 1 aliphatic rings. The minimum absolute atomic E-state index is 0.00839. The molecule has 0 bridgehead atoms. The summed E-state index contributed by atoms with van der Waals surface area (Å²) in [6.07, 6.45) is 2.81. The zero-order valence-corrected chi connectivity index (χ0v) is 14.3. The first-order chi connectivity index (χ1) is 11.7. The summed E-state index contributed by atoms with van der Waals surface area (Å²) >= 11 is 0. The van der Waals surface area contributed by atoms with Gasteiger partial charge in [0, 0.05) is 31.5 Å². The first-order valence-electron chi connectivity index (χ1n) is 8.50.